The number of alkyl halides is 3. The van der Waals surface area contributed by atoms with Gasteiger partial charge in [-0.25, -0.2) is 27.2 Å². The highest BCUT2D eigenvalue weighted by Crippen LogP contribution is 2.34. The summed E-state index contributed by atoms with van der Waals surface area (Å²) in [5, 5.41) is 2.78. The summed E-state index contributed by atoms with van der Waals surface area (Å²) >= 11 is 0. The third kappa shape index (κ3) is 5.35. The van der Waals surface area contributed by atoms with E-state index in [1.165, 1.54) is 24.4 Å². The summed E-state index contributed by atoms with van der Waals surface area (Å²) < 4.78 is 95.2. The Hall–Kier alpha value is -3.87. The van der Waals surface area contributed by atoms with Gasteiger partial charge in [0.1, 0.15) is 23.6 Å². The normalized spacial score (nSPS) is 12.1. The maximum Gasteiger partial charge on any atom is 0.417 e. The van der Waals surface area contributed by atoms with Crippen LogP contribution in [0.4, 0.5) is 39.1 Å². The first kappa shape index (κ1) is 25.2. The third-order valence-corrected chi connectivity index (χ3v) is 6.58. The van der Waals surface area contributed by atoms with Crippen LogP contribution in [-0.2, 0) is 16.2 Å². The Morgan fingerprint density at radius 3 is 2.47 bits per heavy atom. The zero-order valence-electron chi connectivity index (χ0n) is 18.6. The Morgan fingerprint density at radius 1 is 0.972 bits per heavy atom. The predicted octanol–water partition coefficient (Wildman–Crippen LogP) is 5.88. The number of nitrogens with one attached hydrogen (secondary N) is 2. The van der Waals surface area contributed by atoms with Crippen molar-refractivity contribution in [3.05, 3.63) is 72.3 Å². The molecule has 0 aliphatic carbocycles. The van der Waals surface area contributed by atoms with Gasteiger partial charge in [0, 0.05) is 23.3 Å². The first-order valence-corrected chi connectivity index (χ1v) is 12.2. The van der Waals surface area contributed by atoms with Gasteiger partial charge in [0.15, 0.2) is 5.82 Å². The van der Waals surface area contributed by atoms with Crippen molar-refractivity contribution in [2.24, 2.45) is 0 Å². The molecule has 2 aromatic carbocycles. The first-order valence-electron chi connectivity index (χ1n) is 10.5. The van der Waals surface area contributed by atoms with Gasteiger partial charge < -0.3 is 5.32 Å². The van der Waals surface area contributed by atoms with Crippen molar-refractivity contribution in [1.82, 2.24) is 15.0 Å². The molecule has 4 aromatic rings. The number of benzene rings is 2. The van der Waals surface area contributed by atoms with E-state index in [0.717, 1.165) is 24.5 Å². The van der Waals surface area contributed by atoms with Crippen molar-refractivity contribution >= 4 is 38.1 Å². The molecule has 0 fully saturated rings. The van der Waals surface area contributed by atoms with Gasteiger partial charge in [0.05, 0.1) is 22.5 Å². The highest BCUT2D eigenvalue weighted by Gasteiger charge is 2.31. The van der Waals surface area contributed by atoms with Crippen molar-refractivity contribution in [2.75, 3.05) is 15.8 Å². The van der Waals surface area contributed by atoms with Crippen LogP contribution in [0.5, 0.6) is 0 Å². The van der Waals surface area contributed by atoms with Gasteiger partial charge in [-0.15, -0.1) is 0 Å². The Labute approximate surface area is 202 Å². The lowest BCUT2D eigenvalue weighted by atomic mass is 10.0. The lowest BCUT2D eigenvalue weighted by molar-refractivity contribution is -0.137. The van der Waals surface area contributed by atoms with Crippen LogP contribution in [0.25, 0.3) is 22.0 Å². The minimum Gasteiger partial charge on any atom is -0.335 e. The largest absolute Gasteiger partial charge is 0.417 e. The zero-order valence-corrected chi connectivity index (χ0v) is 19.4. The molecule has 0 spiro atoms. The van der Waals surface area contributed by atoms with E-state index in [2.05, 4.69) is 25.0 Å². The Bertz CT molecular complexity index is 1540. The van der Waals surface area contributed by atoms with Crippen molar-refractivity contribution < 1.29 is 30.4 Å². The second-order valence-corrected chi connectivity index (χ2v) is 9.59. The molecule has 2 aromatic heterocycles. The molecule has 0 bridgehead atoms. The molecule has 7 nitrogen and oxygen atoms in total. The Morgan fingerprint density at radius 2 is 1.75 bits per heavy atom. The number of anilines is 3. The highest BCUT2D eigenvalue weighted by atomic mass is 32.2. The van der Waals surface area contributed by atoms with Crippen LogP contribution in [-0.4, -0.2) is 29.1 Å². The molecular weight excluding hydrogens is 505 g/mol. The highest BCUT2D eigenvalue weighted by molar-refractivity contribution is 7.92. The third-order valence-electron chi connectivity index (χ3n) is 5.11. The van der Waals surface area contributed by atoms with Gasteiger partial charge in [-0.1, -0.05) is 13.0 Å². The molecule has 0 unspecified atom stereocenters. The van der Waals surface area contributed by atoms with E-state index in [1.54, 1.807) is 6.92 Å². The fraction of sp³-hybridized carbons (Fsp3) is 0.174. The van der Waals surface area contributed by atoms with E-state index in [9.17, 15) is 26.0 Å². The lowest BCUT2D eigenvalue weighted by Crippen LogP contribution is -2.17. The molecule has 0 saturated heterocycles. The van der Waals surface area contributed by atoms with E-state index >= 15 is 4.39 Å². The number of sulfonamides is 1. The van der Waals surface area contributed by atoms with Crippen LogP contribution in [0.2, 0.25) is 0 Å². The average Bonchev–Trinajstić information content (AvgIpc) is 2.83. The summed E-state index contributed by atoms with van der Waals surface area (Å²) in [6.45, 7) is 1.64. The molecule has 0 atom stereocenters. The van der Waals surface area contributed by atoms with E-state index in [0.29, 0.717) is 23.7 Å². The van der Waals surface area contributed by atoms with Crippen LogP contribution in [0.3, 0.4) is 0 Å². The number of halogens is 5. The second-order valence-electron chi connectivity index (χ2n) is 7.74. The number of rotatable bonds is 7. The molecule has 36 heavy (non-hydrogen) atoms. The standard InChI is InChI=1S/C23H18F5N5O2S/c1-2-7-36(34,35)33-19-6-4-17(24)21(20(19)25)32-22-16-9-13(3-5-18(16)30-12-31-22)14-8-15(11-29-10-14)23(26,27)28/h3-6,8-12,33H,2,7H2,1H3,(H,30,31,32). The van der Waals surface area contributed by atoms with Crippen LogP contribution >= 0.6 is 0 Å². The van der Waals surface area contributed by atoms with Crippen molar-refractivity contribution in [2.45, 2.75) is 19.5 Å². The summed E-state index contributed by atoms with van der Waals surface area (Å²) in [4.78, 5) is 11.8. The quantitative estimate of drug-likeness (QED) is 0.294. The molecule has 0 amide bonds. The summed E-state index contributed by atoms with van der Waals surface area (Å²) in [5.41, 5.74) is -1.22. The smallest absolute Gasteiger partial charge is 0.335 e. The molecule has 0 saturated carbocycles. The average molecular weight is 523 g/mol. The number of pyridine rings is 1. The summed E-state index contributed by atoms with van der Waals surface area (Å²) in [5.74, 6) is -2.51. The van der Waals surface area contributed by atoms with Gasteiger partial charge in [-0.2, -0.15) is 13.2 Å². The van der Waals surface area contributed by atoms with Crippen LogP contribution in [0.15, 0.2) is 55.1 Å². The van der Waals surface area contributed by atoms with Gasteiger partial charge in [0.25, 0.3) is 0 Å². The molecular formula is C23H18F5N5O2S. The van der Waals surface area contributed by atoms with Gasteiger partial charge in [-0.3, -0.25) is 9.71 Å². The Balaban J connectivity index is 1.76. The van der Waals surface area contributed by atoms with Gasteiger partial charge in [-0.05, 0) is 42.3 Å². The maximum atomic E-state index is 15.1. The van der Waals surface area contributed by atoms with Crippen molar-refractivity contribution in [3.8, 4) is 11.1 Å². The molecule has 2 N–H and O–H groups in total. The summed E-state index contributed by atoms with van der Waals surface area (Å²) in [6, 6.07) is 7.27. The lowest BCUT2D eigenvalue weighted by Gasteiger charge is -2.14. The topological polar surface area (TPSA) is 96.9 Å². The minimum atomic E-state index is -4.59. The molecule has 0 aliphatic rings. The van der Waals surface area contributed by atoms with E-state index in [-0.39, 0.29) is 22.5 Å². The SMILES string of the molecule is CCCS(=O)(=O)Nc1ccc(F)c(Nc2ncnc3ccc(-c4cncc(C(F)(F)F)c4)cc23)c1F. The summed E-state index contributed by atoms with van der Waals surface area (Å²) in [6.07, 6.45) is -1.21. The number of fused-ring (bicyclic) bond motifs is 1. The molecule has 2 heterocycles. The van der Waals surface area contributed by atoms with Crippen LogP contribution < -0.4 is 10.0 Å². The fourth-order valence-electron chi connectivity index (χ4n) is 3.44. The molecule has 0 radical (unpaired) electrons. The predicted molar refractivity (Wildman–Crippen MR) is 125 cm³/mol. The molecule has 188 valence electrons. The zero-order chi connectivity index (χ0) is 26.1. The number of hydrogen-bond donors (Lipinski definition) is 2. The molecule has 4 rings (SSSR count). The fourth-order valence-corrected chi connectivity index (χ4v) is 4.57. The minimum absolute atomic E-state index is 0.0480. The molecule has 0 aliphatic heterocycles. The second kappa shape index (κ2) is 9.64. The Kier molecular flexibility index (Phi) is 6.76. The first-order chi connectivity index (χ1) is 17.0. The molecule has 13 heteroatoms. The van der Waals surface area contributed by atoms with Crippen molar-refractivity contribution in [3.63, 3.8) is 0 Å². The van der Waals surface area contributed by atoms with E-state index in [4.69, 9.17) is 0 Å². The van der Waals surface area contributed by atoms with Crippen LogP contribution in [0, 0.1) is 11.6 Å². The monoisotopic (exact) mass is 523 g/mol. The van der Waals surface area contributed by atoms with Crippen LogP contribution in [0.1, 0.15) is 18.9 Å². The number of hydrogen-bond acceptors (Lipinski definition) is 6. The number of nitrogens with zero attached hydrogens (tertiary/aromatic N) is 3. The maximum absolute atomic E-state index is 15.1. The van der Waals surface area contributed by atoms with Gasteiger partial charge >= 0.3 is 6.18 Å². The van der Waals surface area contributed by atoms with Gasteiger partial charge in [0.2, 0.25) is 10.0 Å². The van der Waals surface area contributed by atoms with E-state index in [1.807, 2.05) is 0 Å². The van der Waals surface area contributed by atoms with Crippen molar-refractivity contribution in [1.29, 1.82) is 0 Å². The summed E-state index contributed by atoms with van der Waals surface area (Å²) in [7, 11) is -3.85. The van der Waals surface area contributed by atoms with E-state index < -0.39 is 44.8 Å². The number of aromatic nitrogens is 3.